The highest BCUT2D eigenvalue weighted by atomic mass is 32.1. The fourth-order valence-corrected chi connectivity index (χ4v) is 1.97. The number of aryl methyl sites for hydroxylation is 1. The molecule has 0 spiro atoms. The first-order chi connectivity index (χ1) is 6.25. The van der Waals surface area contributed by atoms with Crippen molar-refractivity contribution in [1.82, 2.24) is 4.98 Å². The van der Waals surface area contributed by atoms with Crippen LogP contribution in [0.2, 0.25) is 0 Å². The van der Waals surface area contributed by atoms with Gasteiger partial charge in [-0.2, -0.15) is 0 Å². The zero-order chi connectivity index (χ0) is 9.26. The van der Waals surface area contributed by atoms with Crippen molar-refractivity contribution in [3.63, 3.8) is 0 Å². The molecule has 1 aromatic heterocycles. The highest BCUT2D eigenvalue weighted by Gasteiger charge is 2.09. The molecule has 1 aliphatic rings. The van der Waals surface area contributed by atoms with E-state index in [9.17, 15) is 4.39 Å². The lowest BCUT2D eigenvalue weighted by atomic mass is 10.0. The summed E-state index contributed by atoms with van der Waals surface area (Å²) in [6, 6.07) is 0. The number of allylic oxidation sites excluding steroid dienone is 4. The van der Waals surface area contributed by atoms with Crippen LogP contribution in [0.5, 0.6) is 0 Å². The first-order valence-electron chi connectivity index (χ1n) is 4.23. The zero-order valence-corrected chi connectivity index (χ0v) is 8.20. The molecular formula is C10H10FNS. The molecule has 0 aliphatic heterocycles. The molecule has 0 unspecified atom stereocenters. The van der Waals surface area contributed by atoms with Crippen molar-refractivity contribution < 1.29 is 4.39 Å². The molecule has 0 saturated carbocycles. The van der Waals surface area contributed by atoms with E-state index < -0.39 is 0 Å². The third-order valence-corrected chi connectivity index (χ3v) is 2.82. The van der Waals surface area contributed by atoms with Crippen LogP contribution in [0.15, 0.2) is 23.4 Å². The Bertz CT molecular complexity index is 376. The summed E-state index contributed by atoms with van der Waals surface area (Å²) in [4.78, 5) is 4.36. The Labute approximate surface area is 80.6 Å². The van der Waals surface area contributed by atoms with Gasteiger partial charge in [0, 0.05) is 11.8 Å². The molecule has 0 bridgehead atoms. The monoisotopic (exact) mass is 195 g/mol. The van der Waals surface area contributed by atoms with Crippen LogP contribution in [0.4, 0.5) is 4.39 Å². The molecule has 2 rings (SSSR count). The van der Waals surface area contributed by atoms with Gasteiger partial charge in [0.05, 0.1) is 10.7 Å². The molecule has 0 saturated heterocycles. The molecular weight excluding hydrogens is 185 g/mol. The summed E-state index contributed by atoms with van der Waals surface area (Å²) in [5, 5.41) is 3.09. The summed E-state index contributed by atoms with van der Waals surface area (Å²) in [6.45, 7) is 1.98. The van der Waals surface area contributed by atoms with Crippen LogP contribution in [0.25, 0.3) is 5.57 Å². The van der Waals surface area contributed by atoms with Gasteiger partial charge in [-0.05, 0) is 25.0 Å². The fourth-order valence-electron chi connectivity index (χ4n) is 1.34. The maximum atomic E-state index is 12.7. The average molecular weight is 195 g/mol. The SMILES string of the molecule is Cc1nc(C2=CC=C(F)CC2)cs1. The van der Waals surface area contributed by atoms with E-state index in [-0.39, 0.29) is 5.83 Å². The molecule has 0 radical (unpaired) electrons. The van der Waals surface area contributed by atoms with Crippen LogP contribution in [0.1, 0.15) is 23.5 Å². The van der Waals surface area contributed by atoms with Gasteiger partial charge in [-0.25, -0.2) is 9.37 Å². The van der Waals surface area contributed by atoms with Gasteiger partial charge in [0.2, 0.25) is 0 Å². The van der Waals surface area contributed by atoms with E-state index in [1.54, 1.807) is 11.3 Å². The molecule has 0 N–H and O–H groups in total. The van der Waals surface area contributed by atoms with E-state index in [2.05, 4.69) is 4.98 Å². The Kier molecular flexibility index (Phi) is 2.27. The van der Waals surface area contributed by atoms with Crippen molar-refractivity contribution in [3.05, 3.63) is 34.1 Å². The maximum absolute atomic E-state index is 12.7. The molecule has 0 fully saturated rings. The molecule has 68 valence electrons. The van der Waals surface area contributed by atoms with E-state index in [4.69, 9.17) is 0 Å². The minimum atomic E-state index is -0.0318. The molecule has 0 amide bonds. The second-order valence-electron chi connectivity index (χ2n) is 3.06. The second kappa shape index (κ2) is 3.42. The van der Waals surface area contributed by atoms with Crippen LogP contribution in [-0.2, 0) is 0 Å². The van der Waals surface area contributed by atoms with Gasteiger partial charge in [0.15, 0.2) is 0 Å². The molecule has 1 nitrogen and oxygen atoms in total. The Balaban J connectivity index is 2.28. The number of hydrogen-bond acceptors (Lipinski definition) is 2. The Morgan fingerprint density at radius 1 is 1.38 bits per heavy atom. The van der Waals surface area contributed by atoms with E-state index >= 15 is 0 Å². The smallest absolute Gasteiger partial charge is 0.100 e. The molecule has 13 heavy (non-hydrogen) atoms. The van der Waals surface area contributed by atoms with Gasteiger partial charge < -0.3 is 0 Å². The van der Waals surface area contributed by atoms with Crippen LogP contribution in [0, 0.1) is 6.92 Å². The molecule has 1 heterocycles. The maximum Gasteiger partial charge on any atom is 0.100 e. The predicted molar refractivity (Wildman–Crippen MR) is 53.3 cm³/mol. The highest BCUT2D eigenvalue weighted by molar-refractivity contribution is 7.09. The highest BCUT2D eigenvalue weighted by Crippen LogP contribution is 2.27. The second-order valence-corrected chi connectivity index (χ2v) is 4.12. The molecule has 1 aliphatic carbocycles. The van der Waals surface area contributed by atoms with Gasteiger partial charge >= 0.3 is 0 Å². The summed E-state index contributed by atoms with van der Waals surface area (Å²) in [5.74, 6) is -0.0318. The average Bonchev–Trinajstić information content (AvgIpc) is 2.53. The lowest BCUT2D eigenvalue weighted by Crippen LogP contribution is -1.90. The molecule has 0 atom stereocenters. The first kappa shape index (κ1) is 8.63. The minimum absolute atomic E-state index is 0.0318. The number of rotatable bonds is 1. The van der Waals surface area contributed by atoms with Crippen molar-refractivity contribution in [2.75, 3.05) is 0 Å². The third kappa shape index (κ3) is 1.86. The van der Waals surface area contributed by atoms with Crippen molar-refractivity contribution >= 4 is 16.9 Å². The summed E-state index contributed by atoms with van der Waals surface area (Å²) in [7, 11) is 0. The number of hydrogen-bond donors (Lipinski definition) is 0. The Morgan fingerprint density at radius 2 is 2.23 bits per heavy atom. The molecule has 3 heteroatoms. The van der Waals surface area contributed by atoms with E-state index in [0.29, 0.717) is 6.42 Å². The lowest BCUT2D eigenvalue weighted by Gasteiger charge is -2.06. The van der Waals surface area contributed by atoms with Crippen LogP contribution in [-0.4, -0.2) is 4.98 Å². The summed E-state index contributed by atoms with van der Waals surface area (Å²) in [6.07, 6.45) is 4.65. The Morgan fingerprint density at radius 3 is 2.77 bits per heavy atom. The summed E-state index contributed by atoms with van der Waals surface area (Å²) >= 11 is 1.63. The van der Waals surface area contributed by atoms with Crippen LogP contribution < -0.4 is 0 Å². The van der Waals surface area contributed by atoms with E-state index in [1.165, 1.54) is 6.08 Å². The normalized spacial score (nSPS) is 16.8. The quantitative estimate of drug-likeness (QED) is 0.668. The van der Waals surface area contributed by atoms with Crippen LogP contribution in [0.3, 0.4) is 0 Å². The van der Waals surface area contributed by atoms with Crippen LogP contribution >= 0.6 is 11.3 Å². The molecule has 0 aromatic carbocycles. The van der Waals surface area contributed by atoms with Gasteiger partial charge in [-0.3, -0.25) is 0 Å². The minimum Gasteiger partial charge on any atom is -0.242 e. The van der Waals surface area contributed by atoms with Crippen molar-refractivity contribution in [2.24, 2.45) is 0 Å². The largest absolute Gasteiger partial charge is 0.242 e. The predicted octanol–water partition coefficient (Wildman–Crippen LogP) is 3.48. The van der Waals surface area contributed by atoms with Crippen molar-refractivity contribution in [1.29, 1.82) is 0 Å². The van der Waals surface area contributed by atoms with Gasteiger partial charge in [-0.1, -0.05) is 6.08 Å². The van der Waals surface area contributed by atoms with E-state index in [0.717, 1.165) is 22.7 Å². The summed E-state index contributed by atoms with van der Waals surface area (Å²) < 4.78 is 12.7. The van der Waals surface area contributed by atoms with Crippen molar-refractivity contribution in [3.8, 4) is 0 Å². The number of nitrogens with zero attached hydrogens (tertiary/aromatic N) is 1. The standard InChI is InChI=1S/C10H10FNS/c1-7-12-10(6-13-7)8-2-4-9(11)5-3-8/h2,4,6H,3,5H2,1H3. The summed E-state index contributed by atoms with van der Waals surface area (Å²) in [5.41, 5.74) is 2.15. The van der Waals surface area contributed by atoms with Gasteiger partial charge in [0.25, 0.3) is 0 Å². The van der Waals surface area contributed by atoms with Gasteiger partial charge in [0.1, 0.15) is 5.83 Å². The Hall–Kier alpha value is -0.960. The number of halogens is 1. The fraction of sp³-hybridized carbons (Fsp3) is 0.300. The van der Waals surface area contributed by atoms with Gasteiger partial charge in [-0.15, -0.1) is 11.3 Å². The van der Waals surface area contributed by atoms with E-state index in [1.807, 2.05) is 18.4 Å². The lowest BCUT2D eigenvalue weighted by molar-refractivity contribution is 0.590. The number of thiazole rings is 1. The topological polar surface area (TPSA) is 12.9 Å². The molecule has 1 aromatic rings. The zero-order valence-electron chi connectivity index (χ0n) is 7.38. The number of aromatic nitrogens is 1. The first-order valence-corrected chi connectivity index (χ1v) is 5.11. The third-order valence-electron chi connectivity index (χ3n) is 2.05. The van der Waals surface area contributed by atoms with Crippen molar-refractivity contribution in [2.45, 2.75) is 19.8 Å².